The number of carbonyl (C=O) groups is 3. The summed E-state index contributed by atoms with van der Waals surface area (Å²) in [6.45, 7) is -0.126. The van der Waals surface area contributed by atoms with Crippen molar-refractivity contribution in [3.8, 4) is 0 Å². The van der Waals surface area contributed by atoms with Crippen molar-refractivity contribution in [3.63, 3.8) is 0 Å². The Hall–Kier alpha value is -1.99. The molecule has 1 unspecified atom stereocenters. The Balaban J connectivity index is 2.90. The highest BCUT2D eigenvalue weighted by molar-refractivity contribution is 5.82. The predicted molar refractivity (Wildman–Crippen MR) is 40.6 cm³/mol. The fourth-order valence-electron chi connectivity index (χ4n) is 1.30. The molecule has 1 heterocycles. The van der Waals surface area contributed by atoms with Crippen molar-refractivity contribution in [2.45, 2.75) is 12.5 Å². The molecule has 0 bridgehead atoms. The third-order valence-corrected chi connectivity index (χ3v) is 1.87. The lowest BCUT2D eigenvalue weighted by atomic mass is 10.2. The second-order valence-corrected chi connectivity index (χ2v) is 2.68. The summed E-state index contributed by atoms with van der Waals surface area (Å²) in [7, 11) is 0. The number of carboxylic acid groups (broad SMARTS) is 3. The van der Waals surface area contributed by atoms with Crippen LogP contribution < -0.4 is 0 Å². The average Bonchev–Trinajstić information content (AvgIpc) is 2.46. The Morgan fingerprint density at radius 2 is 1.64 bits per heavy atom. The van der Waals surface area contributed by atoms with Crippen LogP contribution in [0.25, 0.3) is 0 Å². The summed E-state index contributed by atoms with van der Waals surface area (Å²) in [5.74, 6) is -1.35. The van der Waals surface area contributed by atoms with Gasteiger partial charge in [-0.25, -0.2) is 19.4 Å². The fourth-order valence-corrected chi connectivity index (χ4v) is 1.30. The molecule has 1 fully saturated rings. The van der Waals surface area contributed by atoms with Crippen LogP contribution in [0.15, 0.2) is 0 Å². The molecule has 1 atom stereocenters. The van der Waals surface area contributed by atoms with E-state index in [1.165, 1.54) is 0 Å². The molecule has 8 nitrogen and oxygen atoms in total. The van der Waals surface area contributed by atoms with E-state index in [1.54, 1.807) is 0 Å². The third kappa shape index (κ3) is 1.53. The van der Waals surface area contributed by atoms with Gasteiger partial charge >= 0.3 is 18.2 Å². The number of aliphatic carboxylic acids is 1. The first-order valence-corrected chi connectivity index (χ1v) is 3.70. The van der Waals surface area contributed by atoms with E-state index >= 15 is 0 Å². The van der Waals surface area contributed by atoms with Gasteiger partial charge in [0.25, 0.3) is 0 Å². The topological polar surface area (TPSA) is 118 Å². The molecular weight excluding hydrogens is 196 g/mol. The van der Waals surface area contributed by atoms with E-state index in [2.05, 4.69) is 0 Å². The van der Waals surface area contributed by atoms with E-state index in [0.29, 0.717) is 10.0 Å². The average molecular weight is 204 g/mol. The first-order valence-electron chi connectivity index (χ1n) is 3.70. The first kappa shape index (κ1) is 10.1. The highest BCUT2D eigenvalue weighted by Gasteiger charge is 2.42. The monoisotopic (exact) mass is 204 g/mol. The second-order valence-electron chi connectivity index (χ2n) is 2.68. The van der Waals surface area contributed by atoms with Crippen molar-refractivity contribution in [3.05, 3.63) is 0 Å². The first-order chi connectivity index (χ1) is 6.45. The summed E-state index contributed by atoms with van der Waals surface area (Å²) in [6, 6.07) is -1.32. The van der Waals surface area contributed by atoms with Gasteiger partial charge in [0.05, 0.1) is 0 Å². The number of hydrogen-bond acceptors (Lipinski definition) is 3. The van der Waals surface area contributed by atoms with Gasteiger partial charge in [0.15, 0.2) is 6.04 Å². The summed E-state index contributed by atoms with van der Waals surface area (Å²) in [6.07, 6.45) is -3.10. The lowest BCUT2D eigenvalue weighted by Gasteiger charge is -2.24. The van der Waals surface area contributed by atoms with Crippen LogP contribution in [0, 0.1) is 0 Å². The lowest BCUT2D eigenvalue weighted by molar-refractivity contribution is -0.144. The second kappa shape index (κ2) is 3.40. The number of carboxylic acids is 1. The molecule has 0 spiro atoms. The van der Waals surface area contributed by atoms with Gasteiger partial charge in [-0.3, -0.25) is 0 Å². The number of nitrogens with zero attached hydrogens (tertiary/aromatic N) is 2. The van der Waals surface area contributed by atoms with E-state index < -0.39 is 24.2 Å². The van der Waals surface area contributed by atoms with Crippen LogP contribution in [0.5, 0.6) is 0 Å². The third-order valence-electron chi connectivity index (χ3n) is 1.87. The van der Waals surface area contributed by atoms with E-state index in [4.69, 9.17) is 15.3 Å². The molecule has 78 valence electrons. The maximum Gasteiger partial charge on any atom is 0.427 e. The van der Waals surface area contributed by atoms with Gasteiger partial charge < -0.3 is 15.3 Å². The molecule has 0 aromatic rings. The molecule has 0 aromatic heterocycles. The van der Waals surface area contributed by atoms with E-state index in [-0.39, 0.29) is 13.0 Å². The fraction of sp³-hybridized carbons (Fsp3) is 0.500. The number of hydrazine groups is 1. The highest BCUT2D eigenvalue weighted by Crippen LogP contribution is 2.18. The molecule has 1 saturated heterocycles. The van der Waals surface area contributed by atoms with Crippen LogP contribution in [-0.2, 0) is 4.79 Å². The normalized spacial score (nSPS) is 21.0. The van der Waals surface area contributed by atoms with Gasteiger partial charge in [-0.15, -0.1) is 0 Å². The maximum atomic E-state index is 10.6. The molecule has 8 heteroatoms. The Bertz CT molecular complexity index is 268. The molecule has 1 aliphatic rings. The van der Waals surface area contributed by atoms with Gasteiger partial charge in [0, 0.05) is 13.0 Å². The molecule has 0 radical (unpaired) electrons. The van der Waals surface area contributed by atoms with E-state index in [1.807, 2.05) is 0 Å². The minimum Gasteiger partial charge on any atom is -0.480 e. The van der Waals surface area contributed by atoms with Crippen LogP contribution in [-0.4, -0.2) is 56.1 Å². The van der Waals surface area contributed by atoms with Gasteiger partial charge in [0.2, 0.25) is 0 Å². The Kier molecular flexibility index (Phi) is 2.45. The Morgan fingerprint density at radius 3 is 2.00 bits per heavy atom. The summed E-state index contributed by atoms with van der Waals surface area (Å²) in [4.78, 5) is 31.7. The van der Waals surface area contributed by atoms with Crippen molar-refractivity contribution in [2.24, 2.45) is 0 Å². The van der Waals surface area contributed by atoms with Gasteiger partial charge in [-0.05, 0) is 0 Å². The van der Waals surface area contributed by atoms with Crippen LogP contribution in [0.4, 0.5) is 9.59 Å². The number of rotatable bonds is 1. The summed E-state index contributed by atoms with van der Waals surface area (Å²) in [5, 5.41) is 26.6. The molecule has 2 amide bonds. The minimum atomic E-state index is -1.59. The van der Waals surface area contributed by atoms with Crippen molar-refractivity contribution in [2.75, 3.05) is 6.54 Å². The van der Waals surface area contributed by atoms with Crippen LogP contribution >= 0.6 is 0 Å². The summed E-state index contributed by atoms with van der Waals surface area (Å²) >= 11 is 0. The summed E-state index contributed by atoms with van der Waals surface area (Å²) < 4.78 is 0. The van der Waals surface area contributed by atoms with Crippen molar-refractivity contribution in [1.29, 1.82) is 0 Å². The SMILES string of the molecule is O=C(O)C1CCN(C(=O)O)N1C(=O)O. The van der Waals surface area contributed by atoms with Crippen LogP contribution in [0.2, 0.25) is 0 Å². The highest BCUT2D eigenvalue weighted by atomic mass is 16.4. The van der Waals surface area contributed by atoms with Crippen LogP contribution in [0.1, 0.15) is 6.42 Å². The van der Waals surface area contributed by atoms with Gasteiger partial charge in [-0.2, -0.15) is 5.01 Å². The van der Waals surface area contributed by atoms with Gasteiger partial charge in [-0.1, -0.05) is 0 Å². The van der Waals surface area contributed by atoms with Gasteiger partial charge in [0.1, 0.15) is 0 Å². The smallest absolute Gasteiger partial charge is 0.427 e. The van der Waals surface area contributed by atoms with E-state index in [9.17, 15) is 14.4 Å². The van der Waals surface area contributed by atoms with Crippen LogP contribution in [0.3, 0.4) is 0 Å². The zero-order valence-corrected chi connectivity index (χ0v) is 6.95. The minimum absolute atomic E-state index is 0.0338. The van der Waals surface area contributed by atoms with Crippen molar-refractivity contribution in [1.82, 2.24) is 10.0 Å². The lowest BCUT2D eigenvalue weighted by Crippen LogP contribution is -2.49. The standard InChI is InChI=1S/C6H8N2O6/c9-4(10)3-1-2-7(5(11)12)8(3)6(13)14/h3H,1-2H2,(H,9,10)(H,11,12)(H,13,14). The molecule has 0 aliphatic carbocycles. The Morgan fingerprint density at radius 1 is 1.07 bits per heavy atom. The zero-order valence-electron chi connectivity index (χ0n) is 6.95. The predicted octanol–water partition coefficient (Wildman–Crippen LogP) is -0.282. The molecule has 3 N–H and O–H groups in total. The Labute approximate surface area is 77.9 Å². The molecule has 0 saturated carbocycles. The zero-order chi connectivity index (χ0) is 10.9. The summed E-state index contributed by atoms with van der Waals surface area (Å²) in [5.41, 5.74) is 0. The molecular formula is C6H8N2O6. The molecule has 0 aromatic carbocycles. The largest absolute Gasteiger partial charge is 0.480 e. The molecule has 1 aliphatic heterocycles. The molecule has 14 heavy (non-hydrogen) atoms. The number of amides is 2. The number of hydrogen-bond donors (Lipinski definition) is 3. The maximum absolute atomic E-state index is 10.6. The van der Waals surface area contributed by atoms with Crippen molar-refractivity contribution < 1.29 is 29.7 Å². The van der Waals surface area contributed by atoms with E-state index in [0.717, 1.165) is 0 Å². The molecule has 1 rings (SSSR count). The quantitative estimate of drug-likeness (QED) is 0.540. The van der Waals surface area contributed by atoms with Crippen molar-refractivity contribution >= 4 is 18.2 Å².